The Hall–Kier alpha value is -3.77. The summed E-state index contributed by atoms with van der Waals surface area (Å²) in [5, 5.41) is 0. The molecular formula is C27H26N4O2. The molecule has 1 amide bonds. The Morgan fingerprint density at radius 1 is 0.758 bits per heavy atom. The number of amides is 1. The summed E-state index contributed by atoms with van der Waals surface area (Å²) in [5.41, 5.74) is 4.74. The lowest BCUT2D eigenvalue weighted by Gasteiger charge is -2.36. The minimum Gasteiger partial charge on any atom is -0.367 e. The largest absolute Gasteiger partial charge is 0.367 e. The van der Waals surface area contributed by atoms with E-state index in [1.807, 2.05) is 77.7 Å². The second-order valence-corrected chi connectivity index (χ2v) is 8.10. The molecule has 6 nitrogen and oxygen atoms in total. The van der Waals surface area contributed by atoms with E-state index >= 15 is 0 Å². The molecular weight excluding hydrogens is 412 g/mol. The van der Waals surface area contributed by atoms with E-state index in [0.29, 0.717) is 32.8 Å². The maximum absolute atomic E-state index is 12.6. The molecule has 0 atom stereocenters. The number of fused-ring (bicyclic) bond motifs is 1. The Labute approximate surface area is 193 Å². The van der Waals surface area contributed by atoms with E-state index in [9.17, 15) is 4.79 Å². The van der Waals surface area contributed by atoms with Crippen molar-refractivity contribution < 1.29 is 9.53 Å². The van der Waals surface area contributed by atoms with Gasteiger partial charge in [0.1, 0.15) is 12.3 Å². The Kier molecular flexibility index (Phi) is 6.26. The number of ether oxygens (including phenoxy) is 1. The molecule has 0 radical (unpaired) electrons. The average Bonchev–Trinajstić information content (AvgIpc) is 2.89. The quantitative estimate of drug-likeness (QED) is 0.452. The van der Waals surface area contributed by atoms with Gasteiger partial charge in [-0.1, -0.05) is 72.8 Å². The molecule has 3 aromatic carbocycles. The number of anilines is 1. The predicted octanol–water partition coefficient (Wildman–Crippen LogP) is 4.16. The lowest BCUT2D eigenvalue weighted by Crippen LogP contribution is -2.50. The molecule has 1 fully saturated rings. The topological polar surface area (TPSA) is 58.6 Å². The molecule has 1 saturated heterocycles. The first-order chi connectivity index (χ1) is 16.3. The molecule has 33 heavy (non-hydrogen) atoms. The molecule has 1 aliphatic rings. The summed E-state index contributed by atoms with van der Waals surface area (Å²) in [5.74, 6) is 0.894. The monoisotopic (exact) mass is 438 g/mol. The number of nitrogens with zero attached hydrogens (tertiary/aromatic N) is 4. The first kappa shape index (κ1) is 21.1. The van der Waals surface area contributed by atoms with Crippen LogP contribution in [0.1, 0.15) is 5.56 Å². The molecule has 0 N–H and O–H groups in total. The SMILES string of the molecule is O=C(COCc1ccccc1)N1CCN(c2nc3ccccc3nc2-c2ccccc2)CC1. The number of benzene rings is 3. The van der Waals surface area contributed by atoms with Crippen LogP contribution in [0.15, 0.2) is 84.9 Å². The first-order valence-electron chi connectivity index (χ1n) is 11.2. The summed E-state index contributed by atoms with van der Waals surface area (Å²) in [6.45, 7) is 3.22. The summed E-state index contributed by atoms with van der Waals surface area (Å²) in [4.78, 5) is 26.7. The summed E-state index contributed by atoms with van der Waals surface area (Å²) >= 11 is 0. The molecule has 0 saturated carbocycles. The zero-order chi connectivity index (χ0) is 22.5. The highest BCUT2D eigenvalue weighted by Gasteiger charge is 2.25. The van der Waals surface area contributed by atoms with E-state index in [1.165, 1.54) is 0 Å². The number of carbonyl (C=O) groups is 1. The number of hydrogen-bond donors (Lipinski definition) is 0. The summed E-state index contributed by atoms with van der Waals surface area (Å²) < 4.78 is 5.64. The van der Waals surface area contributed by atoms with Crippen LogP contribution in [-0.4, -0.2) is 53.6 Å². The molecule has 0 aliphatic carbocycles. The fourth-order valence-corrected chi connectivity index (χ4v) is 4.09. The molecule has 0 bridgehead atoms. The van der Waals surface area contributed by atoms with Gasteiger partial charge in [-0.25, -0.2) is 9.97 Å². The molecule has 1 aliphatic heterocycles. The smallest absolute Gasteiger partial charge is 0.248 e. The number of para-hydroxylation sites is 2. The van der Waals surface area contributed by atoms with Gasteiger partial charge in [0.15, 0.2) is 5.82 Å². The fourth-order valence-electron chi connectivity index (χ4n) is 4.09. The Balaban J connectivity index is 1.27. The van der Waals surface area contributed by atoms with E-state index in [1.54, 1.807) is 0 Å². The van der Waals surface area contributed by atoms with Gasteiger partial charge in [-0.15, -0.1) is 0 Å². The minimum absolute atomic E-state index is 0.0264. The highest BCUT2D eigenvalue weighted by molar-refractivity contribution is 5.84. The third-order valence-corrected chi connectivity index (χ3v) is 5.87. The van der Waals surface area contributed by atoms with Crippen LogP contribution in [0.25, 0.3) is 22.3 Å². The zero-order valence-electron chi connectivity index (χ0n) is 18.4. The highest BCUT2D eigenvalue weighted by atomic mass is 16.5. The molecule has 166 valence electrons. The molecule has 0 spiro atoms. The number of carbonyl (C=O) groups excluding carboxylic acids is 1. The number of hydrogen-bond acceptors (Lipinski definition) is 5. The molecule has 0 unspecified atom stereocenters. The molecule has 5 rings (SSSR count). The molecule has 2 heterocycles. The van der Waals surface area contributed by atoms with Crippen molar-refractivity contribution in [3.63, 3.8) is 0 Å². The number of rotatable bonds is 6. The van der Waals surface area contributed by atoms with Crippen molar-refractivity contribution in [2.24, 2.45) is 0 Å². The van der Waals surface area contributed by atoms with Crippen LogP contribution in [-0.2, 0) is 16.1 Å². The van der Waals surface area contributed by atoms with Gasteiger partial charge in [0.2, 0.25) is 5.91 Å². The number of piperazine rings is 1. The Bertz CT molecular complexity index is 1220. The van der Waals surface area contributed by atoms with Crippen LogP contribution in [0.5, 0.6) is 0 Å². The Morgan fingerprint density at radius 3 is 2.06 bits per heavy atom. The standard InChI is InChI=1S/C27H26N4O2/c32-25(20-33-19-21-9-3-1-4-10-21)30-15-17-31(18-16-30)27-26(22-11-5-2-6-12-22)28-23-13-7-8-14-24(23)29-27/h1-14H,15-20H2. The average molecular weight is 439 g/mol. The van der Waals surface area contributed by atoms with E-state index in [2.05, 4.69) is 17.0 Å². The van der Waals surface area contributed by atoms with E-state index in [-0.39, 0.29) is 12.5 Å². The van der Waals surface area contributed by atoms with Gasteiger partial charge >= 0.3 is 0 Å². The van der Waals surface area contributed by atoms with Gasteiger partial charge in [0.25, 0.3) is 0 Å². The van der Waals surface area contributed by atoms with Crippen LogP contribution < -0.4 is 4.90 Å². The van der Waals surface area contributed by atoms with Crippen molar-refractivity contribution >= 4 is 22.8 Å². The third kappa shape index (κ3) is 4.86. The third-order valence-electron chi connectivity index (χ3n) is 5.87. The highest BCUT2D eigenvalue weighted by Crippen LogP contribution is 2.30. The van der Waals surface area contributed by atoms with Crippen molar-refractivity contribution in [3.8, 4) is 11.3 Å². The van der Waals surface area contributed by atoms with Crippen LogP contribution in [0.3, 0.4) is 0 Å². The van der Waals surface area contributed by atoms with Crippen molar-refractivity contribution in [2.75, 3.05) is 37.7 Å². The van der Waals surface area contributed by atoms with Gasteiger partial charge in [-0.05, 0) is 17.7 Å². The van der Waals surface area contributed by atoms with Crippen LogP contribution in [0.4, 0.5) is 5.82 Å². The molecule has 4 aromatic rings. The van der Waals surface area contributed by atoms with Gasteiger partial charge in [-0.3, -0.25) is 4.79 Å². The van der Waals surface area contributed by atoms with Crippen molar-refractivity contribution in [3.05, 3.63) is 90.5 Å². The van der Waals surface area contributed by atoms with Crippen molar-refractivity contribution in [1.29, 1.82) is 0 Å². The lowest BCUT2D eigenvalue weighted by molar-refractivity contribution is -0.136. The first-order valence-corrected chi connectivity index (χ1v) is 11.2. The normalized spacial score (nSPS) is 13.9. The maximum Gasteiger partial charge on any atom is 0.248 e. The van der Waals surface area contributed by atoms with Gasteiger partial charge in [0.05, 0.1) is 17.6 Å². The van der Waals surface area contributed by atoms with Crippen molar-refractivity contribution in [1.82, 2.24) is 14.9 Å². The predicted molar refractivity (Wildman–Crippen MR) is 130 cm³/mol. The lowest BCUT2D eigenvalue weighted by atomic mass is 10.1. The van der Waals surface area contributed by atoms with Crippen LogP contribution in [0.2, 0.25) is 0 Å². The molecule has 1 aromatic heterocycles. The maximum atomic E-state index is 12.6. The zero-order valence-corrected chi connectivity index (χ0v) is 18.4. The van der Waals surface area contributed by atoms with Crippen LogP contribution >= 0.6 is 0 Å². The number of aromatic nitrogens is 2. The van der Waals surface area contributed by atoms with Gasteiger partial charge in [-0.2, -0.15) is 0 Å². The molecule has 6 heteroatoms. The summed E-state index contributed by atoms with van der Waals surface area (Å²) in [6.07, 6.45) is 0. The summed E-state index contributed by atoms with van der Waals surface area (Å²) in [7, 11) is 0. The Morgan fingerprint density at radius 2 is 1.36 bits per heavy atom. The van der Waals surface area contributed by atoms with E-state index in [0.717, 1.165) is 33.7 Å². The van der Waals surface area contributed by atoms with E-state index in [4.69, 9.17) is 14.7 Å². The summed E-state index contributed by atoms with van der Waals surface area (Å²) in [6, 6.07) is 28.0. The van der Waals surface area contributed by atoms with Crippen molar-refractivity contribution in [2.45, 2.75) is 6.61 Å². The fraction of sp³-hybridized carbons (Fsp3) is 0.222. The second-order valence-electron chi connectivity index (χ2n) is 8.10. The van der Waals surface area contributed by atoms with Gasteiger partial charge in [0, 0.05) is 31.7 Å². The van der Waals surface area contributed by atoms with Gasteiger partial charge < -0.3 is 14.5 Å². The van der Waals surface area contributed by atoms with Crippen LogP contribution in [0, 0.1) is 0 Å². The second kappa shape index (κ2) is 9.79. The minimum atomic E-state index is 0.0264. The van der Waals surface area contributed by atoms with E-state index < -0.39 is 0 Å².